The summed E-state index contributed by atoms with van der Waals surface area (Å²) in [5.74, 6) is -0.533. The van der Waals surface area contributed by atoms with Crippen molar-refractivity contribution in [3.8, 4) is 0 Å². The number of aryl methyl sites for hydroxylation is 2. The molecule has 2 aromatic rings. The molecule has 0 aliphatic carbocycles. The van der Waals surface area contributed by atoms with Gasteiger partial charge in [-0.05, 0) is 161 Å². The van der Waals surface area contributed by atoms with Crippen LogP contribution in [0.4, 0.5) is 8.78 Å². The molecule has 3 saturated heterocycles. The molecule has 2 aromatic carbocycles. The highest BCUT2D eigenvalue weighted by molar-refractivity contribution is 9.10. The molecule has 3 aliphatic rings. The van der Waals surface area contributed by atoms with Gasteiger partial charge < -0.3 is 46.9 Å². The summed E-state index contributed by atoms with van der Waals surface area (Å²) in [4.78, 5) is 0. The highest BCUT2D eigenvalue weighted by Gasteiger charge is 2.63. The first-order valence-corrected chi connectivity index (χ1v) is 21.7. The van der Waals surface area contributed by atoms with E-state index in [1.165, 1.54) is 0 Å². The lowest BCUT2D eigenvalue weighted by atomic mass is 9.49. The van der Waals surface area contributed by atoms with E-state index in [9.17, 15) is 4.39 Å². The molecule has 3 fully saturated rings. The summed E-state index contributed by atoms with van der Waals surface area (Å²) in [6.45, 7) is 40.1. The van der Waals surface area contributed by atoms with Crippen LogP contribution >= 0.6 is 15.9 Å². The SMILES string of the molecule is CC1(C)OB(B2OC(C)(C)C(C)(C)O2)OC1(C)C.CCOCOC(C)(C)c1c(B2OC(C)(C)C(C)(C)O2)ccc(C)c1F.CCOCOC(C)(C)c1c(Br)ccc(C)c1F. The highest BCUT2D eigenvalue weighted by atomic mass is 79.9. The molecule has 60 heavy (non-hydrogen) atoms. The molecule has 10 nitrogen and oxygen atoms in total. The summed E-state index contributed by atoms with van der Waals surface area (Å²) in [6.07, 6.45) is 0. The summed E-state index contributed by atoms with van der Waals surface area (Å²) in [7, 11) is -1.60. The van der Waals surface area contributed by atoms with Crippen LogP contribution in [0.25, 0.3) is 0 Å². The van der Waals surface area contributed by atoms with E-state index in [1.807, 2.05) is 137 Å². The summed E-state index contributed by atoms with van der Waals surface area (Å²) >= 11 is 3.37. The molecule has 0 aromatic heterocycles. The molecule has 338 valence electrons. The quantitative estimate of drug-likeness (QED) is 0.116. The monoisotopic (exact) mass is 910 g/mol. The second-order valence-electron chi connectivity index (χ2n) is 19.6. The zero-order valence-electron chi connectivity index (χ0n) is 40.1. The van der Waals surface area contributed by atoms with Crippen molar-refractivity contribution in [2.24, 2.45) is 0 Å². The van der Waals surface area contributed by atoms with Gasteiger partial charge in [0.15, 0.2) is 0 Å². The molecule has 0 atom stereocenters. The lowest BCUT2D eigenvalue weighted by molar-refractivity contribution is -0.130. The Kier molecular flexibility index (Phi) is 17.1. The molecule has 3 aliphatic heterocycles. The number of ether oxygens (including phenoxy) is 4. The zero-order valence-corrected chi connectivity index (χ0v) is 41.7. The van der Waals surface area contributed by atoms with Crippen molar-refractivity contribution in [2.45, 2.75) is 183 Å². The first kappa shape index (κ1) is 52.9. The van der Waals surface area contributed by atoms with E-state index in [0.717, 1.165) is 0 Å². The standard InChI is InChI=1S/C19H30BFO4.C13H18BrFO2.C12H24B2O4/c1-9-22-12-23-17(3,4)15-14(11-10-13(2)16(15)21)20-24-18(5,6)19(7,8)25-20;1-5-16-8-17-13(3,4)11-10(14)7-6-9(2)12(11)15;1-9(2)10(3,4)16-13(15-9)14-17-11(5,6)12(7,8)18-14/h10-11H,9,12H2,1-8H3;6-7H,5,8H2,1-4H3;1-8H3. The molecule has 0 saturated carbocycles. The smallest absolute Gasteiger partial charge is 0.405 e. The minimum absolute atomic E-state index is 0.0969. The Morgan fingerprint density at radius 3 is 1.22 bits per heavy atom. The Hall–Kier alpha value is -1.43. The van der Waals surface area contributed by atoms with Gasteiger partial charge in [-0.2, -0.15) is 0 Å². The minimum Gasteiger partial charge on any atom is -0.405 e. The normalized spacial score (nSPS) is 21.1. The molecule has 0 amide bonds. The third-order valence-electron chi connectivity index (χ3n) is 12.5. The Bertz CT molecular complexity index is 1690. The minimum atomic E-state index is -0.885. The number of rotatable bonds is 12. The fourth-order valence-corrected chi connectivity index (χ4v) is 7.15. The molecular weight excluding hydrogens is 839 g/mol. The van der Waals surface area contributed by atoms with Gasteiger partial charge in [-0.15, -0.1) is 0 Å². The number of halogens is 3. The number of benzene rings is 2. The largest absolute Gasteiger partial charge is 0.495 e. The van der Waals surface area contributed by atoms with Crippen molar-refractivity contribution in [1.82, 2.24) is 0 Å². The molecule has 16 heteroatoms. The molecule has 0 bridgehead atoms. The van der Waals surface area contributed by atoms with Crippen molar-refractivity contribution >= 4 is 42.5 Å². The number of hydrogen-bond acceptors (Lipinski definition) is 10. The first-order valence-electron chi connectivity index (χ1n) is 21.0. The maximum absolute atomic E-state index is 15.1. The Morgan fingerprint density at radius 2 is 0.850 bits per heavy atom. The van der Waals surface area contributed by atoms with Crippen molar-refractivity contribution in [3.05, 3.63) is 62.6 Å². The van der Waals surface area contributed by atoms with E-state index in [4.69, 9.17) is 46.9 Å². The highest BCUT2D eigenvalue weighted by Crippen LogP contribution is 2.43. The molecular formula is C44H72B3BrF2O10. The average Bonchev–Trinajstić information content (AvgIpc) is 3.57. The summed E-state index contributed by atoms with van der Waals surface area (Å²) in [6, 6.07) is 7.18. The van der Waals surface area contributed by atoms with Crippen LogP contribution in [-0.2, 0) is 58.1 Å². The van der Waals surface area contributed by atoms with E-state index >= 15 is 4.39 Å². The Morgan fingerprint density at radius 1 is 0.533 bits per heavy atom. The van der Waals surface area contributed by atoms with E-state index in [2.05, 4.69) is 15.9 Å². The van der Waals surface area contributed by atoms with Gasteiger partial charge >= 0.3 is 21.1 Å². The lowest BCUT2D eigenvalue weighted by Gasteiger charge is -2.32. The van der Waals surface area contributed by atoms with Crippen LogP contribution in [0, 0.1) is 25.5 Å². The van der Waals surface area contributed by atoms with Gasteiger partial charge in [0.25, 0.3) is 0 Å². The average molecular weight is 911 g/mol. The van der Waals surface area contributed by atoms with Crippen LogP contribution in [0.3, 0.4) is 0 Å². The third-order valence-corrected chi connectivity index (χ3v) is 13.2. The second kappa shape index (κ2) is 19.4. The van der Waals surface area contributed by atoms with E-state index < -0.39 is 43.5 Å². The van der Waals surface area contributed by atoms with E-state index in [-0.39, 0.29) is 47.6 Å². The van der Waals surface area contributed by atoms with Crippen molar-refractivity contribution < 1.29 is 55.7 Å². The maximum Gasteiger partial charge on any atom is 0.495 e. The fourth-order valence-electron chi connectivity index (χ4n) is 6.37. The summed E-state index contributed by atoms with van der Waals surface area (Å²) in [5.41, 5.74) is -1.25. The van der Waals surface area contributed by atoms with Crippen LogP contribution in [0.2, 0.25) is 0 Å². The molecule has 0 spiro atoms. The fraction of sp³-hybridized carbons (Fsp3) is 0.727. The molecule has 0 unspecified atom stereocenters. The second-order valence-corrected chi connectivity index (χ2v) is 20.4. The lowest BCUT2D eigenvalue weighted by Crippen LogP contribution is -2.42. The predicted octanol–water partition coefficient (Wildman–Crippen LogP) is 10.1. The molecule has 0 N–H and O–H groups in total. The molecule has 5 rings (SSSR count). The molecule has 3 heterocycles. The van der Waals surface area contributed by atoms with Crippen molar-refractivity contribution in [3.63, 3.8) is 0 Å². The third kappa shape index (κ3) is 11.8. The van der Waals surface area contributed by atoms with Gasteiger partial charge in [0.1, 0.15) is 25.2 Å². The predicted molar refractivity (Wildman–Crippen MR) is 239 cm³/mol. The topological polar surface area (TPSA) is 92.3 Å². The van der Waals surface area contributed by atoms with Gasteiger partial charge in [0, 0.05) is 28.8 Å². The van der Waals surface area contributed by atoms with Gasteiger partial charge in [0.2, 0.25) is 0 Å². The van der Waals surface area contributed by atoms with Gasteiger partial charge in [-0.25, -0.2) is 8.78 Å². The van der Waals surface area contributed by atoms with Gasteiger partial charge in [-0.1, -0.05) is 34.1 Å². The van der Waals surface area contributed by atoms with Crippen LogP contribution in [-0.4, -0.2) is 81.5 Å². The Balaban J connectivity index is 0.000000247. The van der Waals surface area contributed by atoms with E-state index in [1.54, 1.807) is 26.0 Å². The molecule has 0 radical (unpaired) electrons. The van der Waals surface area contributed by atoms with Crippen LogP contribution < -0.4 is 5.46 Å². The van der Waals surface area contributed by atoms with Gasteiger partial charge in [-0.3, -0.25) is 0 Å². The van der Waals surface area contributed by atoms with Crippen LogP contribution in [0.1, 0.15) is 147 Å². The van der Waals surface area contributed by atoms with Crippen molar-refractivity contribution in [2.75, 3.05) is 26.8 Å². The van der Waals surface area contributed by atoms with Crippen LogP contribution in [0.15, 0.2) is 28.7 Å². The van der Waals surface area contributed by atoms with Gasteiger partial charge in [0.05, 0.1) is 44.8 Å². The Labute approximate surface area is 369 Å². The first-order chi connectivity index (χ1) is 27.2. The van der Waals surface area contributed by atoms with E-state index in [0.29, 0.717) is 45.4 Å². The zero-order chi connectivity index (χ0) is 46.1. The number of hydrogen-bond donors (Lipinski definition) is 0. The summed E-state index contributed by atoms with van der Waals surface area (Å²) < 4.78 is 87.8. The summed E-state index contributed by atoms with van der Waals surface area (Å²) in [5, 5.41) is 0. The van der Waals surface area contributed by atoms with Crippen molar-refractivity contribution in [1.29, 1.82) is 0 Å². The van der Waals surface area contributed by atoms with Crippen LogP contribution in [0.5, 0.6) is 0 Å². The maximum atomic E-state index is 15.1.